The summed E-state index contributed by atoms with van der Waals surface area (Å²) in [6, 6.07) is 1.49. The number of aromatic amines is 1. The van der Waals surface area contributed by atoms with Crippen LogP contribution in [0.15, 0.2) is 12.3 Å². The standard InChI is InChI=1S/C7H7F3N2O/c8-7(9,10)4-3-5(4)13-6-1-2-11-12-6/h1-2,4-5H,3H2,(H,11,12)/t4?,5-/m0/s1. The second kappa shape index (κ2) is 2.65. The van der Waals surface area contributed by atoms with E-state index in [1.54, 1.807) is 0 Å². The Morgan fingerprint density at radius 2 is 2.31 bits per heavy atom. The van der Waals surface area contributed by atoms with Gasteiger partial charge in [-0.2, -0.15) is 13.2 Å². The van der Waals surface area contributed by atoms with Crippen molar-refractivity contribution in [1.82, 2.24) is 10.2 Å². The van der Waals surface area contributed by atoms with Gasteiger partial charge in [-0.15, -0.1) is 5.10 Å². The van der Waals surface area contributed by atoms with Crippen LogP contribution in [0, 0.1) is 5.92 Å². The summed E-state index contributed by atoms with van der Waals surface area (Å²) in [5, 5.41) is 6.06. The summed E-state index contributed by atoms with van der Waals surface area (Å²) in [5.74, 6) is -1.10. The second-order valence-corrected chi connectivity index (χ2v) is 2.95. The SMILES string of the molecule is FC(F)(F)C1C[C@@H]1Oc1cc[nH]n1. The molecule has 0 aliphatic heterocycles. The molecule has 0 aromatic carbocycles. The molecule has 1 fully saturated rings. The van der Waals surface area contributed by atoms with E-state index < -0.39 is 18.2 Å². The third-order valence-electron chi connectivity index (χ3n) is 1.90. The average Bonchev–Trinajstić information content (AvgIpc) is 2.57. The normalized spacial score (nSPS) is 27.3. The molecule has 72 valence electrons. The first kappa shape index (κ1) is 8.40. The van der Waals surface area contributed by atoms with Crippen LogP contribution in [0.5, 0.6) is 5.88 Å². The Labute approximate surface area is 71.9 Å². The van der Waals surface area contributed by atoms with Crippen LogP contribution in [0.2, 0.25) is 0 Å². The molecule has 3 nitrogen and oxygen atoms in total. The number of ether oxygens (including phenoxy) is 1. The minimum Gasteiger partial charge on any atom is -0.473 e. The summed E-state index contributed by atoms with van der Waals surface area (Å²) in [6.45, 7) is 0. The van der Waals surface area contributed by atoms with Crippen LogP contribution in [-0.4, -0.2) is 22.5 Å². The molecule has 1 aromatic heterocycles. The van der Waals surface area contributed by atoms with Gasteiger partial charge in [-0.1, -0.05) is 0 Å². The van der Waals surface area contributed by atoms with Gasteiger partial charge in [0, 0.05) is 12.3 Å². The number of aromatic nitrogens is 2. The highest BCUT2D eigenvalue weighted by atomic mass is 19.4. The topological polar surface area (TPSA) is 37.9 Å². The zero-order chi connectivity index (χ0) is 9.47. The van der Waals surface area contributed by atoms with Gasteiger partial charge in [0.15, 0.2) is 0 Å². The van der Waals surface area contributed by atoms with E-state index in [2.05, 4.69) is 10.2 Å². The number of rotatable bonds is 2. The van der Waals surface area contributed by atoms with E-state index in [1.165, 1.54) is 12.3 Å². The molecule has 0 bridgehead atoms. The number of nitrogens with one attached hydrogen (secondary N) is 1. The number of nitrogens with zero attached hydrogens (tertiary/aromatic N) is 1. The van der Waals surface area contributed by atoms with Crippen LogP contribution in [0.1, 0.15) is 6.42 Å². The second-order valence-electron chi connectivity index (χ2n) is 2.95. The summed E-state index contributed by atoms with van der Waals surface area (Å²) in [6.07, 6.45) is -3.35. The predicted molar refractivity (Wildman–Crippen MR) is 37.2 cm³/mol. The lowest BCUT2D eigenvalue weighted by Crippen LogP contribution is -2.16. The predicted octanol–water partition coefficient (Wildman–Crippen LogP) is 1.74. The fourth-order valence-electron chi connectivity index (χ4n) is 1.11. The molecule has 1 saturated carbocycles. The van der Waals surface area contributed by atoms with Crippen LogP contribution >= 0.6 is 0 Å². The highest BCUT2D eigenvalue weighted by Gasteiger charge is 2.57. The fraction of sp³-hybridized carbons (Fsp3) is 0.571. The van der Waals surface area contributed by atoms with E-state index in [0.717, 1.165) is 0 Å². The quantitative estimate of drug-likeness (QED) is 0.774. The molecule has 0 amide bonds. The van der Waals surface area contributed by atoms with Gasteiger partial charge in [-0.05, 0) is 6.42 Å². The van der Waals surface area contributed by atoms with Gasteiger partial charge in [-0.3, -0.25) is 5.10 Å². The lowest BCUT2D eigenvalue weighted by Gasteiger charge is -2.04. The van der Waals surface area contributed by atoms with Crippen molar-refractivity contribution in [2.45, 2.75) is 18.7 Å². The Morgan fingerprint density at radius 1 is 1.54 bits per heavy atom. The average molecular weight is 192 g/mol. The lowest BCUT2D eigenvalue weighted by atomic mass is 10.4. The van der Waals surface area contributed by atoms with Crippen molar-refractivity contribution >= 4 is 0 Å². The smallest absolute Gasteiger partial charge is 0.395 e. The van der Waals surface area contributed by atoms with Gasteiger partial charge in [0.25, 0.3) is 0 Å². The molecule has 1 N–H and O–H groups in total. The highest BCUT2D eigenvalue weighted by Crippen LogP contribution is 2.46. The van der Waals surface area contributed by atoms with Crippen LogP contribution in [-0.2, 0) is 0 Å². The third-order valence-corrected chi connectivity index (χ3v) is 1.90. The molecule has 1 aliphatic rings. The lowest BCUT2D eigenvalue weighted by molar-refractivity contribution is -0.153. The summed E-state index contributed by atoms with van der Waals surface area (Å²) in [7, 11) is 0. The maximum absolute atomic E-state index is 12.0. The Bertz CT molecular complexity index is 282. The maximum Gasteiger partial charge on any atom is 0.395 e. The molecule has 0 saturated heterocycles. The molecule has 1 unspecified atom stereocenters. The molecule has 1 aromatic rings. The van der Waals surface area contributed by atoms with E-state index in [0.29, 0.717) is 0 Å². The fourth-order valence-corrected chi connectivity index (χ4v) is 1.11. The number of H-pyrrole nitrogens is 1. The number of alkyl halides is 3. The monoisotopic (exact) mass is 192 g/mol. The van der Waals surface area contributed by atoms with Gasteiger partial charge in [0.2, 0.25) is 5.88 Å². The molecule has 13 heavy (non-hydrogen) atoms. The Hall–Kier alpha value is -1.20. The van der Waals surface area contributed by atoms with Crippen molar-refractivity contribution in [3.63, 3.8) is 0 Å². The summed E-state index contributed by atoms with van der Waals surface area (Å²) < 4.78 is 41.0. The van der Waals surface area contributed by atoms with Crippen LogP contribution in [0.4, 0.5) is 13.2 Å². The van der Waals surface area contributed by atoms with Crippen molar-refractivity contribution in [2.75, 3.05) is 0 Å². The maximum atomic E-state index is 12.0. The van der Waals surface area contributed by atoms with E-state index in [4.69, 9.17) is 4.74 Å². The summed E-state index contributed by atoms with van der Waals surface area (Å²) in [5.41, 5.74) is 0. The molecular weight excluding hydrogens is 185 g/mol. The van der Waals surface area contributed by atoms with E-state index in [-0.39, 0.29) is 12.3 Å². The number of halogens is 3. The molecule has 1 aliphatic carbocycles. The van der Waals surface area contributed by atoms with Crippen molar-refractivity contribution in [1.29, 1.82) is 0 Å². The van der Waals surface area contributed by atoms with Crippen LogP contribution < -0.4 is 4.74 Å². The van der Waals surface area contributed by atoms with E-state index >= 15 is 0 Å². The van der Waals surface area contributed by atoms with Crippen molar-refractivity contribution in [3.05, 3.63) is 12.3 Å². The first-order chi connectivity index (χ1) is 6.07. The summed E-state index contributed by atoms with van der Waals surface area (Å²) >= 11 is 0. The van der Waals surface area contributed by atoms with Gasteiger partial charge in [0.05, 0.1) is 5.92 Å². The zero-order valence-corrected chi connectivity index (χ0v) is 6.51. The Kier molecular flexibility index (Phi) is 1.71. The highest BCUT2D eigenvalue weighted by molar-refractivity contribution is 5.08. The van der Waals surface area contributed by atoms with E-state index in [9.17, 15) is 13.2 Å². The van der Waals surface area contributed by atoms with Crippen molar-refractivity contribution in [3.8, 4) is 5.88 Å². The first-order valence-electron chi connectivity index (χ1n) is 3.80. The van der Waals surface area contributed by atoms with E-state index in [1.807, 2.05) is 0 Å². The first-order valence-corrected chi connectivity index (χ1v) is 3.80. The Morgan fingerprint density at radius 3 is 2.77 bits per heavy atom. The molecule has 2 rings (SSSR count). The van der Waals surface area contributed by atoms with Gasteiger partial charge in [0.1, 0.15) is 6.10 Å². The number of hydrogen-bond donors (Lipinski definition) is 1. The third kappa shape index (κ3) is 1.76. The van der Waals surface area contributed by atoms with Crippen LogP contribution in [0.3, 0.4) is 0 Å². The summed E-state index contributed by atoms with van der Waals surface area (Å²) in [4.78, 5) is 0. The van der Waals surface area contributed by atoms with Crippen molar-refractivity contribution in [2.24, 2.45) is 5.92 Å². The van der Waals surface area contributed by atoms with Gasteiger partial charge < -0.3 is 4.74 Å². The van der Waals surface area contributed by atoms with Crippen molar-refractivity contribution < 1.29 is 17.9 Å². The van der Waals surface area contributed by atoms with Gasteiger partial charge >= 0.3 is 6.18 Å². The minimum atomic E-state index is -4.14. The largest absolute Gasteiger partial charge is 0.473 e. The molecule has 6 heteroatoms. The number of hydrogen-bond acceptors (Lipinski definition) is 2. The van der Waals surface area contributed by atoms with Gasteiger partial charge in [-0.25, -0.2) is 0 Å². The molecule has 2 atom stereocenters. The molecule has 1 heterocycles. The Balaban J connectivity index is 1.88. The minimum absolute atomic E-state index is 0.0381. The zero-order valence-electron chi connectivity index (χ0n) is 6.51. The molecule has 0 spiro atoms. The molecular formula is C7H7F3N2O. The molecule has 0 radical (unpaired) electrons. The van der Waals surface area contributed by atoms with Crippen LogP contribution in [0.25, 0.3) is 0 Å².